The van der Waals surface area contributed by atoms with Crippen LogP contribution in [0.25, 0.3) is 22.2 Å². The summed E-state index contributed by atoms with van der Waals surface area (Å²) in [4.78, 5) is 67.5. The van der Waals surface area contributed by atoms with Crippen molar-refractivity contribution in [2.24, 2.45) is 0 Å². The maximum absolute atomic E-state index is 14.0. The molecule has 61 heavy (non-hydrogen) atoms. The topological polar surface area (TPSA) is 309 Å². The number of nitrogen functional groups attached to an aromatic ring is 1. The van der Waals surface area contributed by atoms with Gasteiger partial charge in [0.15, 0.2) is 31.9 Å². The highest BCUT2D eigenvalue weighted by molar-refractivity contribution is 14.1. The number of aliphatic hydroxyl groups excluding tert-OH is 1. The number of aromatic nitrogens is 7. The number of hydrogen-bond acceptors (Lipinski definition) is 17. The fourth-order valence-electron chi connectivity index (χ4n) is 6.96. The van der Waals surface area contributed by atoms with Gasteiger partial charge >= 0.3 is 15.6 Å². The van der Waals surface area contributed by atoms with E-state index in [-0.39, 0.29) is 28.6 Å². The first-order valence-electron chi connectivity index (χ1n) is 18.7. The predicted octanol–water partition coefficient (Wildman–Crippen LogP) is 3.57. The summed E-state index contributed by atoms with van der Waals surface area (Å²) in [5.74, 6) is -0.499. The largest absolute Gasteiger partial charge is 0.472 e. The number of carbonyl (C=O) groups excluding carboxylic acids is 1. The second-order valence-corrected chi connectivity index (χ2v) is 24.8. The van der Waals surface area contributed by atoms with E-state index in [1.807, 2.05) is 33.9 Å². The van der Waals surface area contributed by atoms with Gasteiger partial charge in [0.05, 0.1) is 24.9 Å². The van der Waals surface area contributed by atoms with Gasteiger partial charge < -0.3 is 44.4 Å². The van der Waals surface area contributed by atoms with E-state index in [1.165, 1.54) is 6.33 Å². The Hall–Kier alpha value is -3.53. The molecule has 8 rings (SSSR count). The van der Waals surface area contributed by atoms with Crippen LogP contribution in [0.5, 0.6) is 0 Å². The molecule has 7 heterocycles. The number of aromatic amines is 1. The van der Waals surface area contributed by atoms with Crippen LogP contribution in [0.3, 0.4) is 0 Å². The zero-order valence-corrected chi connectivity index (χ0v) is 38.0. The van der Waals surface area contributed by atoms with Gasteiger partial charge in [0.25, 0.3) is 11.5 Å². The number of anilines is 2. The van der Waals surface area contributed by atoms with E-state index in [4.69, 9.17) is 37.7 Å². The lowest BCUT2D eigenvalue weighted by Gasteiger charge is -2.40. The van der Waals surface area contributed by atoms with Crippen molar-refractivity contribution in [1.29, 1.82) is 0 Å². The Morgan fingerprint density at radius 2 is 1.64 bits per heavy atom. The van der Waals surface area contributed by atoms with E-state index in [9.17, 15) is 33.6 Å². The van der Waals surface area contributed by atoms with Gasteiger partial charge in [0.2, 0.25) is 5.95 Å². The highest BCUT2D eigenvalue weighted by Crippen LogP contribution is 2.55. The van der Waals surface area contributed by atoms with E-state index in [0.29, 0.717) is 14.5 Å². The minimum absolute atomic E-state index is 0.122. The minimum Gasteiger partial charge on any atom is -0.407 e. The molecule has 3 saturated heterocycles. The smallest absolute Gasteiger partial charge is 0.407 e. The molecule has 0 spiro atoms. The average Bonchev–Trinajstić information content (AvgIpc) is 3.92. The second-order valence-electron chi connectivity index (χ2n) is 16.0. The van der Waals surface area contributed by atoms with Crippen LogP contribution in [0.4, 0.5) is 11.8 Å². The standard InChI is InChI=1S/C34H42IN9O14P2Si/c1-34(2,3)61(4,5)58-25-23-19(55-32(25)43-11-17(35)20-26(37-14-38-27(20)43)40-29(46)16-9-7-6-8-10-16)13-53-60(50,51)57-24-22(45)18(12-52-59(48,49)56-23)54-31(24)44-15-39-21-28(44)41-33(36)42-30(21)47/h6-11,14-15,18-19,22-25,31-32,45H,12-13H2,1-5H3,(H,48,49)(H,50,51)(H3,36,41,42,47)(H,37,38,40,46)/t18-,19-,22-,23-,24-,25-,31-,32-/m1/s1. The number of H-pyrrole nitrogens is 1. The van der Waals surface area contributed by atoms with Crippen molar-refractivity contribution in [3.63, 3.8) is 0 Å². The Kier molecular flexibility index (Phi) is 11.7. The van der Waals surface area contributed by atoms with Crippen molar-refractivity contribution in [3.8, 4) is 0 Å². The monoisotopic (exact) mass is 1020 g/mol. The molecule has 27 heteroatoms. The molecule has 1 aromatic carbocycles. The lowest BCUT2D eigenvalue weighted by atomic mass is 10.1. The molecular weight excluding hydrogens is 975 g/mol. The number of amides is 1. The van der Waals surface area contributed by atoms with Crippen molar-refractivity contribution in [1.82, 2.24) is 34.1 Å². The van der Waals surface area contributed by atoms with Gasteiger partial charge in [-0.25, -0.2) is 24.1 Å². The number of phosphoric acid groups is 2. The van der Waals surface area contributed by atoms with Crippen molar-refractivity contribution in [2.45, 2.75) is 88.0 Å². The molecule has 3 aliphatic heterocycles. The number of rotatable bonds is 6. The first-order valence-corrected chi connectivity index (χ1v) is 25.7. The van der Waals surface area contributed by atoms with Gasteiger partial charge in [-0.05, 0) is 52.9 Å². The highest BCUT2D eigenvalue weighted by Gasteiger charge is 2.56. The fraction of sp³-hybridized carbons (Fsp3) is 0.471. The van der Waals surface area contributed by atoms with E-state index in [2.05, 4.69) is 52.8 Å². The Labute approximate surface area is 360 Å². The summed E-state index contributed by atoms with van der Waals surface area (Å²) in [6.45, 7) is 8.28. The first-order chi connectivity index (χ1) is 28.6. The maximum Gasteiger partial charge on any atom is 0.472 e. The van der Waals surface area contributed by atoms with Crippen molar-refractivity contribution < 1.29 is 60.8 Å². The summed E-state index contributed by atoms with van der Waals surface area (Å²) in [7, 11) is -13.2. The third-order valence-electron chi connectivity index (χ3n) is 11.0. The SMILES string of the molecule is CC(C)(C)[Si](C)(C)O[C@@H]1[C@@H]2OP(=O)(O)OC[C@H]3O[C@@H](n4cnc5c(=O)[nH]c(N)nc54)[C@H](OP(=O)(O)OC[C@H]2O[C@H]1n1cc(I)c2c(NC(=O)c4ccccc4)ncnc21)[C@@H]3O. The lowest BCUT2D eigenvalue weighted by molar-refractivity contribution is -0.0671. The van der Waals surface area contributed by atoms with Gasteiger partial charge in [0.1, 0.15) is 54.4 Å². The number of ether oxygens (including phenoxy) is 2. The Balaban J connectivity index is 1.16. The number of imidazole rings is 1. The van der Waals surface area contributed by atoms with Crippen LogP contribution < -0.4 is 16.6 Å². The molecule has 2 unspecified atom stereocenters. The van der Waals surface area contributed by atoms with E-state index < -0.39 is 103 Å². The van der Waals surface area contributed by atoms with Crippen molar-refractivity contribution >= 4 is 86.4 Å². The van der Waals surface area contributed by atoms with E-state index in [0.717, 1.165) is 10.9 Å². The summed E-state index contributed by atoms with van der Waals surface area (Å²) in [6.07, 6.45) is -7.78. The number of benzene rings is 1. The number of nitrogens with one attached hydrogen (secondary N) is 2. The van der Waals surface area contributed by atoms with Crippen molar-refractivity contribution in [3.05, 3.63) is 68.7 Å². The van der Waals surface area contributed by atoms with Crippen LogP contribution >= 0.6 is 38.2 Å². The zero-order chi connectivity index (χ0) is 43.8. The van der Waals surface area contributed by atoms with Gasteiger partial charge in [-0.2, -0.15) is 4.98 Å². The fourth-order valence-corrected chi connectivity index (χ4v) is 10.9. The van der Waals surface area contributed by atoms with Gasteiger partial charge in [-0.1, -0.05) is 39.0 Å². The van der Waals surface area contributed by atoms with Crippen LogP contribution in [-0.2, 0) is 41.1 Å². The highest BCUT2D eigenvalue weighted by atomic mass is 127. The minimum atomic E-state index is -5.19. The molecule has 5 aromatic rings. The number of phosphoric ester groups is 2. The molecular formula is C34H42IN9O14P2Si. The van der Waals surface area contributed by atoms with E-state index >= 15 is 0 Å². The Morgan fingerprint density at radius 3 is 2.33 bits per heavy atom. The van der Waals surface area contributed by atoms with Crippen LogP contribution in [-0.4, -0.2) is 113 Å². The van der Waals surface area contributed by atoms with Crippen LogP contribution in [0.15, 0.2) is 54.0 Å². The van der Waals surface area contributed by atoms with E-state index in [1.54, 1.807) is 41.1 Å². The molecule has 328 valence electrons. The summed E-state index contributed by atoms with van der Waals surface area (Å²) in [5, 5.41) is 14.2. The predicted molar refractivity (Wildman–Crippen MR) is 224 cm³/mol. The number of nitrogens with zero attached hydrogens (tertiary/aromatic N) is 6. The number of halogens is 1. The number of aliphatic hydroxyl groups is 1. The number of nitrogens with two attached hydrogens (primary N) is 1. The van der Waals surface area contributed by atoms with Gasteiger partial charge in [-0.15, -0.1) is 0 Å². The third kappa shape index (κ3) is 8.61. The molecule has 0 radical (unpaired) electrons. The van der Waals surface area contributed by atoms with Crippen LogP contribution in [0, 0.1) is 3.57 Å². The number of hydrogen-bond donors (Lipinski definition) is 6. The lowest BCUT2D eigenvalue weighted by Crippen LogP contribution is -2.49. The summed E-state index contributed by atoms with van der Waals surface area (Å²) in [6, 6.07) is 8.55. The molecule has 4 aromatic heterocycles. The summed E-state index contributed by atoms with van der Waals surface area (Å²) < 4.78 is 72.9. The molecule has 2 bridgehead atoms. The molecule has 1 amide bonds. The molecule has 0 saturated carbocycles. The molecule has 10 atom stereocenters. The number of carbonyl (C=O) groups is 1. The molecule has 3 aliphatic rings. The zero-order valence-electron chi connectivity index (χ0n) is 33.0. The summed E-state index contributed by atoms with van der Waals surface area (Å²) in [5.41, 5.74) is 5.45. The first kappa shape index (κ1) is 44.1. The molecule has 3 fully saturated rings. The number of fused-ring (bicyclic) bond motifs is 5. The van der Waals surface area contributed by atoms with Crippen molar-refractivity contribution in [2.75, 3.05) is 24.3 Å². The second kappa shape index (κ2) is 16.2. The normalized spacial score (nSPS) is 31.4. The third-order valence-corrected chi connectivity index (χ3v) is 18.2. The Bertz CT molecular complexity index is 2650. The van der Waals surface area contributed by atoms with Gasteiger partial charge in [0, 0.05) is 15.3 Å². The molecule has 0 aliphatic carbocycles. The molecule has 7 N–H and O–H groups in total. The molecule has 23 nitrogen and oxygen atoms in total. The maximum atomic E-state index is 14.0. The van der Waals surface area contributed by atoms with Crippen LogP contribution in [0.2, 0.25) is 18.1 Å². The Morgan fingerprint density at radius 1 is 0.984 bits per heavy atom. The summed E-state index contributed by atoms with van der Waals surface area (Å²) >= 11 is 2.06. The van der Waals surface area contributed by atoms with Gasteiger partial charge in [-0.3, -0.25) is 37.2 Å². The average molecular weight is 1020 g/mol. The quantitative estimate of drug-likeness (QED) is 0.0805. The van der Waals surface area contributed by atoms with Crippen LogP contribution in [0.1, 0.15) is 43.6 Å².